The summed E-state index contributed by atoms with van der Waals surface area (Å²) in [6.07, 6.45) is 6.69. The molecule has 11 heteroatoms. The van der Waals surface area contributed by atoms with Gasteiger partial charge in [0, 0.05) is 32.5 Å². The highest BCUT2D eigenvalue weighted by atomic mass is 16.5. The zero-order valence-electron chi connectivity index (χ0n) is 20.3. The van der Waals surface area contributed by atoms with Crippen molar-refractivity contribution < 1.29 is 19.4 Å². The lowest BCUT2D eigenvalue weighted by Crippen LogP contribution is -2.57. The molecule has 3 N–H and O–H groups in total. The molecule has 0 amide bonds. The number of aromatic nitrogens is 3. The average molecular weight is 492 g/mol. The Hall–Kier alpha value is -4.14. The first kappa shape index (κ1) is 25.0. The molecule has 4 rings (SSSR count). The summed E-state index contributed by atoms with van der Waals surface area (Å²) in [4.78, 5) is 17.3. The highest BCUT2D eigenvalue weighted by Crippen LogP contribution is 2.36. The number of piperidine rings is 1. The number of nitrogens with one attached hydrogen (secondary N) is 2. The third kappa shape index (κ3) is 5.25. The maximum absolute atomic E-state index is 11.3. The fourth-order valence-electron chi connectivity index (χ4n) is 4.28. The van der Waals surface area contributed by atoms with Gasteiger partial charge in [0.25, 0.3) is 5.82 Å². The molecule has 1 fully saturated rings. The summed E-state index contributed by atoms with van der Waals surface area (Å²) in [5.74, 6) is -0.860. The summed E-state index contributed by atoms with van der Waals surface area (Å²) in [6.45, 7) is 1.82. The minimum absolute atomic E-state index is 0.295. The van der Waals surface area contributed by atoms with Crippen LogP contribution >= 0.6 is 0 Å². The molecule has 2 aliphatic heterocycles. The van der Waals surface area contributed by atoms with Crippen LogP contribution in [-0.4, -0.2) is 70.4 Å². The number of likely N-dealkylation sites (tertiary alicyclic amines) is 1. The first-order valence-corrected chi connectivity index (χ1v) is 11.6. The number of nitrogens with zero attached hydrogens (tertiary/aromatic N) is 5. The van der Waals surface area contributed by atoms with E-state index in [-0.39, 0.29) is 5.82 Å². The van der Waals surface area contributed by atoms with Gasteiger partial charge in [-0.3, -0.25) is 4.90 Å². The summed E-state index contributed by atoms with van der Waals surface area (Å²) >= 11 is 0. The van der Waals surface area contributed by atoms with E-state index in [0.717, 1.165) is 42.6 Å². The Labute approximate surface area is 209 Å². The quantitative estimate of drug-likeness (QED) is 0.335. The molecule has 1 atom stereocenters. The van der Waals surface area contributed by atoms with Crippen LogP contribution in [0.2, 0.25) is 0 Å². The topological polar surface area (TPSA) is 138 Å². The molecular weight excluding hydrogens is 462 g/mol. The molecule has 0 radical (unpaired) electrons. The van der Waals surface area contributed by atoms with Crippen molar-refractivity contribution in [3.63, 3.8) is 0 Å². The van der Waals surface area contributed by atoms with Crippen molar-refractivity contribution in [1.82, 2.24) is 30.3 Å². The van der Waals surface area contributed by atoms with Gasteiger partial charge in [-0.15, -0.1) is 5.10 Å². The van der Waals surface area contributed by atoms with Crippen molar-refractivity contribution in [3.05, 3.63) is 71.8 Å². The first-order chi connectivity index (χ1) is 17.5. The lowest BCUT2D eigenvalue weighted by atomic mass is 9.94. The number of aromatic carboxylic acids is 1. The predicted octanol–water partition coefficient (Wildman–Crippen LogP) is 2.22. The number of carboxylic acids is 1. The van der Waals surface area contributed by atoms with Gasteiger partial charge in [0.15, 0.2) is 5.72 Å². The molecule has 0 bridgehead atoms. The fraction of sp³-hybridized carbons (Fsp3) is 0.360. The van der Waals surface area contributed by atoms with Gasteiger partial charge < -0.3 is 25.2 Å². The van der Waals surface area contributed by atoms with E-state index < -0.39 is 11.7 Å². The Kier molecular flexibility index (Phi) is 7.68. The molecule has 0 aliphatic carbocycles. The Morgan fingerprint density at radius 3 is 2.64 bits per heavy atom. The van der Waals surface area contributed by atoms with E-state index in [0.29, 0.717) is 24.6 Å². The Bertz CT molecular complexity index is 1220. The van der Waals surface area contributed by atoms with Gasteiger partial charge in [0.05, 0.1) is 25.2 Å². The molecule has 1 aromatic carbocycles. The molecule has 0 saturated carbocycles. The lowest BCUT2D eigenvalue weighted by molar-refractivity contribution is -0.0906. The molecule has 1 unspecified atom stereocenters. The number of nitriles is 1. The minimum atomic E-state index is -1.20. The third-order valence-corrected chi connectivity index (χ3v) is 6.26. The average Bonchev–Trinajstić information content (AvgIpc) is 3.37. The van der Waals surface area contributed by atoms with Gasteiger partial charge in [-0.1, -0.05) is 30.3 Å². The van der Waals surface area contributed by atoms with Crippen molar-refractivity contribution in [3.8, 4) is 6.07 Å². The first-order valence-electron chi connectivity index (χ1n) is 11.6. The molecule has 1 saturated heterocycles. The van der Waals surface area contributed by atoms with Crippen molar-refractivity contribution in [2.24, 2.45) is 0 Å². The predicted molar refractivity (Wildman–Crippen MR) is 132 cm³/mol. The van der Waals surface area contributed by atoms with Crippen LogP contribution in [0.1, 0.15) is 35.4 Å². The summed E-state index contributed by atoms with van der Waals surface area (Å²) < 4.78 is 13.3. The van der Waals surface area contributed by atoms with E-state index in [9.17, 15) is 15.2 Å². The van der Waals surface area contributed by atoms with Crippen LogP contribution in [-0.2, 0) is 9.47 Å². The Morgan fingerprint density at radius 2 is 2.08 bits per heavy atom. The zero-order chi connectivity index (χ0) is 25.5. The summed E-state index contributed by atoms with van der Waals surface area (Å²) in [7, 11) is 3.35. The van der Waals surface area contributed by atoms with E-state index in [2.05, 4.69) is 31.7 Å². The Morgan fingerprint density at radius 1 is 1.33 bits per heavy atom. The number of methoxy groups -OCH3 is 1. The summed E-state index contributed by atoms with van der Waals surface area (Å²) in [5, 5.41) is 29.2. The maximum atomic E-state index is 11.3. The number of hydrogen-bond acceptors (Lipinski definition) is 9. The molecular formula is C25H29N7O4. The van der Waals surface area contributed by atoms with Gasteiger partial charge in [0.1, 0.15) is 24.5 Å². The van der Waals surface area contributed by atoms with Crippen LogP contribution in [0.5, 0.6) is 0 Å². The van der Waals surface area contributed by atoms with Gasteiger partial charge in [-0.2, -0.15) is 5.26 Å². The molecule has 2 aliphatic rings. The van der Waals surface area contributed by atoms with E-state index in [1.807, 2.05) is 30.3 Å². The third-order valence-electron chi connectivity index (χ3n) is 6.26. The highest BCUT2D eigenvalue weighted by molar-refractivity contribution is 5.83. The van der Waals surface area contributed by atoms with Gasteiger partial charge >= 0.3 is 5.97 Å². The second-order valence-corrected chi connectivity index (χ2v) is 8.45. The van der Waals surface area contributed by atoms with E-state index >= 15 is 0 Å². The van der Waals surface area contributed by atoms with Gasteiger partial charge in [0.2, 0.25) is 0 Å². The lowest BCUT2D eigenvalue weighted by Gasteiger charge is -2.44. The SMILES string of the molecule is CN/C=C(\CC1(OCN2CCC(=C(C#N)c3ccccc3)CC2)NC=C1n1cnc(C(=O)O)n1)OC. The van der Waals surface area contributed by atoms with E-state index in [4.69, 9.17) is 9.47 Å². The second-order valence-electron chi connectivity index (χ2n) is 8.45. The molecule has 2 aromatic rings. The van der Waals surface area contributed by atoms with Crippen molar-refractivity contribution in [2.75, 3.05) is 34.0 Å². The number of hydrogen-bond donors (Lipinski definition) is 3. The molecule has 3 heterocycles. The van der Waals surface area contributed by atoms with Crippen molar-refractivity contribution in [2.45, 2.75) is 25.0 Å². The number of carboxylic acid groups (broad SMARTS) is 1. The number of rotatable bonds is 10. The van der Waals surface area contributed by atoms with Crippen LogP contribution in [0.4, 0.5) is 0 Å². The molecule has 188 valence electrons. The number of carbonyl (C=O) groups is 1. The smallest absolute Gasteiger partial charge is 0.375 e. The van der Waals surface area contributed by atoms with Crippen LogP contribution < -0.4 is 10.6 Å². The van der Waals surface area contributed by atoms with Crippen LogP contribution in [0, 0.1) is 11.3 Å². The molecule has 11 nitrogen and oxygen atoms in total. The van der Waals surface area contributed by atoms with E-state index in [1.165, 1.54) is 11.0 Å². The number of allylic oxidation sites excluding steroid dienone is 1. The van der Waals surface area contributed by atoms with Gasteiger partial charge in [-0.05, 0) is 24.0 Å². The zero-order valence-corrected chi connectivity index (χ0v) is 20.3. The fourth-order valence-corrected chi connectivity index (χ4v) is 4.28. The summed E-state index contributed by atoms with van der Waals surface area (Å²) in [5.41, 5.74) is 2.49. The van der Waals surface area contributed by atoms with Crippen molar-refractivity contribution >= 4 is 17.2 Å². The maximum Gasteiger partial charge on any atom is 0.375 e. The standard InChI is InChI=1S/C25H29N7O4/c1-27-14-20(35-2)12-25(22(15-29-25)32-16-28-23(30-32)24(33)34)36-17-31-10-8-19(9-11-31)21(13-26)18-6-4-3-5-7-18/h3-7,14-16,27,29H,8-12,17H2,1-2H3,(H,33,34)/b20-14+. The normalized spacial score (nSPS) is 20.0. The molecule has 0 spiro atoms. The Balaban J connectivity index is 1.47. The minimum Gasteiger partial charge on any atom is -0.499 e. The highest BCUT2D eigenvalue weighted by Gasteiger charge is 2.45. The monoisotopic (exact) mass is 491 g/mol. The van der Waals surface area contributed by atoms with Crippen molar-refractivity contribution in [1.29, 1.82) is 5.26 Å². The van der Waals surface area contributed by atoms with E-state index in [1.54, 1.807) is 26.6 Å². The van der Waals surface area contributed by atoms with Crippen LogP contribution in [0.25, 0.3) is 11.3 Å². The number of ether oxygens (including phenoxy) is 2. The molecule has 36 heavy (non-hydrogen) atoms. The van der Waals surface area contributed by atoms with Crippen LogP contribution in [0.15, 0.2) is 60.4 Å². The molecule has 1 aromatic heterocycles. The number of benzene rings is 1. The van der Waals surface area contributed by atoms with Crippen LogP contribution in [0.3, 0.4) is 0 Å². The summed E-state index contributed by atoms with van der Waals surface area (Å²) in [6, 6.07) is 12.1. The largest absolute Gasteiger partial charge is 0.499 e. The van der Waals surface area contributed by atoms with Gasteiger partial charge in [-0.25, -0.2) is 14.5 Å². The second kappa shape index (κ2) is 11.1.